The van der Waals surface area contributed by atoms with E-state index in [4.69, 9.17) is 8.85 Å². The van der Waals surface area contributed by atoms with Gasteiger partial charge in [0.25, 0.3) is 0 Å². The Labute approximate surface area is 101 Å². The van der Waals surface area contributed by atoms with Crippen molar-refractivity contribution in [3.05, 3.63) is 0 Å². The molecule has 4 nitrogen and oxygen atoms in total. The van der Waals surface area contributed by atoms with E-state index in [0.29, 0.717) is 6.61 Å². The molecular weight excluding hydrogens is 238 g/mol. The minimum absolute atomic E-state index is 0.0988. The van der Waals surface area contributed by atoms with E-state index >= 15 is 0 Å². The van der Waals surface area contributed by atoms with Crippen LogP contribution in [0.2, 0.25) is 39.3 Å². The Morgan fingerprint density at radius 2 is 1.62 bits per heavy atom. The Bertz CT molecular complexity index is 221. The minimum Gasteiger partial charge on any atom is -0.415 e. The largest absolute Gasteiger partial charge is 0.415 e. The summed E-state index contributed by atoms with van der Waals surface area (Å²) in [5, 5.41) is 3.76. The summed E-state index contributed by atoms with van der Waals surface area (Å²) in [6.07, 6.45) is 1.58. The molecule has 16 heavy (non-hydrogen) atoms. The molecule has 0 aromatic rings. The first-order valence-electron chi connectivity index (χ1n) is 5.52. The number of oxime groups is 1. The second kappa shape index (κ2) is 6.53. The Kier molecular flexibility index (Phi) is 6.46. The van der Waals surface area contributed by atoms with Gasteiger partial charge in [-0.1, -0.05) is 5.16 Å². The zero-order valence-corrected chi connectivity index (χ0v) is 13.5. The number of rotatable bonds is 7. The van der Waals surface area contributed by atoms with Crippen LogP contribution in [0, 0.1) is 0 Å². The van der Waals surface area contributed by atoms with E-state index in [1.807, 2.05) is 0 Å². The average Bonchev–Trinajstić information content (AvgIpc) is 2.06. The maximum absolute atomic E-state index is 5.94. The summed E-state index contributed by atoms with van der Waals surface area (Å²) >= 11 is 0. The molecule has 96 valence electrons. The van der Waals surface area contributed by atoms with Crippen LogP contribution in [0.4, 0.5) is 0 Å². The lowest BCUT2D eigenvalue weighted by Crippen LogP contribution is -2.38. The Morgan fingerprint density at radius 1 is 1.06 bits per heavy atom. The van der Waals surface area contributed by atoms with Gasteiger partial charge in [0.05, 0.1) is 12.8 Å². The van der Waals surface area contributed by atoms with Crippen molar-refractivity contribution < 1.29 is 13.7 Å². The Morgan fingerprint density at radius 3 is 2.00 bits per heavy atom. The molecule has 0 saturated carbocycles. The van der Waals surface area contributed by atoms with E-state index in [2.05, 4.69) is 49.3 Å². The molecule has 0 bridgehead atoms. The summed E-state index contributed by atoms with van der Waals surface area (Å²) in [6, 6.07) is 0. The summed E-state index contributed by atoms with van der Waals surface area (Å²) in [6.45, 7) is 13.5. The first kappa shape index (κ1) is 15.8. The van der Waals surface area contributed by atoms with Crippen molar-refractivity contribution >= 4 is 22.8 Å². The Balaban J connectivity index is 4.27. The molecule has 0 aliphatic rings. The van der Waals surface area contributed by atoms with Crippen molar-refractivity contribution in [2.75, 3.05) is 13.7 Å². The van der Waals surface area contributed by atoms with E-state index in [1.165, 1.54) is 7.11 Å². The van der Waals surface area contributed by atoms with Gasteiger partial charge in [-0.25, -0.2) is 0 Å². The van der Waals surface area contributed by atoms with Crippen LogP contribution in [0.1, 0.15) is 0 Å². The van der Waals surface area contributed by atoms with Crippen LogP contribution in [0.15, 0.2) is 5.16 Å². The highest BCUT2D eigenvalue weighted by Gasteiger charge is 2.23. The second-order valence-electron chi connectivity index (χ2n) is 5.63. The van der Waals surface area contributed by atoms with Crippen LogP contribution in [0.3, 0.4) is 0 Å². The fourth-order valence-corrected chi connectivity index (χ4v) is 2.72. The van der Waals surface area contributed by atoms with Gasteiger partial charge in [-0.15, -0.1) is 0 Å². The fraction of sp³-hybridized carbons (Fsp3) is 0.900. The van der Waals surface area contributed by atoms with E-state index < -0.39 is 16.6 Å². The highest BCUT2D eigenvalue weighted by molar-refractivity contribution is 6.70. The lowest BCUT2D eigenvalue weighted by atomic mass is 10.4. The summed E-state index contributed by atoms with van der Waals surface area (Å²) in [5.74, 6) is 0. The Hall–Kier alpha value is -0.176. The van der Waals surface area contributed by atoms with Crippen LogP contribution < -0.4 is 0 Å². The lowest BCUT2D eigenvalue weighted by molar-refractivity contribution is 0.161. The van der Waals surface area contributed by atoms with E-state index in [1.54, 1.807) is 6.21 Å². The molecule has 0 N–H and O–H groups in total. The zero-order chi connectivity index (χ0) is 12.8. The normalized spacial score (nSPS) is 15.4. The van der Waals surface area contributed by atoms with Gasteiger partial charge in [-0.3, -0.25) is 0 Å². The second-order valence-corrected chi connectivity index (χ2v) is 14.6. The van der Waals surface area contributed by atoms with Gasteiger partial charge in [0, 0.05) is 0 Å². The predicted octanol–water partition coefficient (Wildman–Crippen LogP) is 2.69. The van der Waals surface area contributed by atoms with Crippen LogP contribution >= 0.6 is 0 Å². The van der Waals surface area contributed by atoms with Crippen LogP contribution in [0.25, 0.3) is 0 Å². The SMILES string of the molecule is CO/N=C\[C@@H](CO[Si](C)(C)C)O[Si](C)(C)C. The van der Waals surface area contributed by atoms with E-state index in [9.17, 15) is 0 Å². The van der Waals surface area contributed by atoms with Crippen molar-refractivity contribution in [1.82, 2.24) is 0 Å². The molecule has 0 unspecified atom stereocenters. The first-order valence-corrected chi connectivity index (χ1v) is 12.3. The zero-order valence-electron chi connectivity index (χ0n) is 11.5. The monoisotopic (exact) mass is 263 g/mol. The van der Waals surface area contributed by atoms with Crippen LogP contribution in [-0.4, -0.2) is 42.7 Å². The third-order valence-electron chi connectivity index (χ3n) is 1.52. The minimum atomic E-state index is -1.58. The molecule has 0 fully saturated rings. The van der Waals surface area contributed by atoms with Gasteiger partial charge < -0.3 is 13.7 Å². The van der Waals surface area contributed by atoms with Gasteiger partial charge in [0.1, 0.15) is 13.2 Å². The highest BCUT2D eigenvalue weighted by Crippen LogP contribution is 2.10. The average molecular weight is 263 g/mol. The molecule has 0 aliphatic carbocycles. The van der Waals surface area contributed by atoms with E-state index in [-0.39, 0.29) is 6.10 Å². The van der Waals surface area contributed by atoms with E-state index in [0.717, 1.165) is 0 Å². The molecule has 1 atom stereocenters. The number of nitrogens with zero attached hydrogens (tertiary/aromatic N) is 1. The molecule has 0 aromatic carbocycles. The molecule has 0 radical (unpaired) electrons. The standard InChI is InChI=1S/C10H25NO3Si2/c1-12-11-8-10(14-16(5,6)7)9-13-15(2,3)4/h8,10H,9H2,1-7H3/b11-8-/t10-/m0/s1. The summed E-state index contributed by atoms with van der Waals surface area (Å²) in [4.78, 5) is 4.68. The highest BCUT2D eigenvalue weighted by atomic mass is 28.4. The molecule has 0 heterocycles. The van der Waals surface area contributed by atoms with Crippen LogP contribution in [-0.2, 0) is 13.7 Å². The van der Waals surface area contributed by atoms with Crippen molar-refractivity contribution in [3.8, 4) is 0 Å². The van der Waals surface area contributed by atoms with Crippen LogP contribution in [0.5, 0.6) is 0 Å². The number of hydrogen-bond donors (Lipinski definition) is 0. The molecule has 6 heteroatoms. The van der Waals surface area contributed by atoms with Crippen molar-refractivity contribution in [3.63, 3.8) is 0 Å². The van der Waals surface area contributed by atoms with Gasteiger partial charge in [0.2, 0.25) is 0 Å². The van der Waals surface area contributed by atoms with Gasteiger partial charge in [0.15, 0.2) is 16.6 Å². The summed E-state index contributed by atoms with van der Waals surface area (Å²) in [7, 11) is -1.55. The first-order chi connectivity index (χ1) is 7.14. The van der Waals surface area contributed by atoms with Gasteiger partial charge in [-0.2, -0.15) is 0 Å². The lowest BCUT2D eigenvalue weighted by Gasteiger charge is -2.26. The molecular formula is C10H25NO3Si2. The van der Waals surface area contributed by atoms with Gasteiger partial charge >= 0.3 is 0 Å². The summed E-state index contributed by atoms with van der Waals surface area (Å²) < 4.78 is 11.8. The van der Waals surface area contributed by atoms with Gasteiger partial charge in [-0.05, 0) is 39.3 Å². The third-order valence-corrected chi connectivity index (χ3v) is 3.56. The maximum Gasteiger partial charge on any atom is 0.184 e. The molecule has 0 aliphatic heterocycles. The maximum atomic E-state index is 5.94. The van der Waals surface area contributed by atoms with Crippen molar-refractivity contribution in [2.24, 2.45) is 5.16 Å². The quantitative estimate of drug-likeness (QED) is 0.403. The molecule has 0 rings (SSSR count). The van der Waals surface area contributed by atoms with Crippen molar-refractivity contribution in [2.45, 2.75) is 45.4 Å². The third kappa shape index (κ3) is 10.3. The fourth-order valence-electron chi connectivity index (χ4n) is 1.02. The summed E-state index contributed by atoms with van der Waals surface area (Å²) in [5.41, 5.74) is 0. The van der Waals surface area contributed by atoms with Crippen molar-refractivity contribution in [1.29, 1.82) is 0 Å². The molecule has 0 saturated heterocycles. The molecule has 0 amide bonds. The number of hydrogen-bond acceptors (Lipinski definition) is 4. The smallest absolute Gasteiger partial charge is 0.184 e. The topological polar surface area (TPSA) is 40.0 Å². The predicted molar refractivity (Wildman–Crippen MR) is 73.0 cm³/mol. The molecule has 0 aromatic heterocycles. The molecule has 0 spiro atoms.